The third-order valence-corrected chi connectivity index (χ3v) is 10.9. The van der Waals surface area contributed by atoms with Gasteiger partial charge < -0.3 is 20.3 Å². The molecule has 56 heavy (non-hydrogen) atoms. The van der Waals surface area contributed by atoms with Gasteiger partial charge in [0, 0.05) is 12.8 Å². The number of amides is 1. The fourth-order valence-electron chi connectivity index (χ4n) is 7.13. The molecule has 2 unspecified atom stereocenters. The number of carbonyl (C=O) groups is 2. The van der Waals surface area contributed by atoms with Crippen molar-refractivity contribution in [3.63, 3.8) is 0 Å². The smallest absolute Gasteiger partial charge is 0.305 e. The summed E-state index contributed by atoms with van der Waals surface area (Å²) in [4.78, 5) is 24.4. The normalized spacial score (nSPS) is 13.0. The van der Waals surface area contributed by atoms with E-state index in [1.807, 2.05) is 6.08 Å². The van der Waals surface area contributed by atoms with Crippen molar-refractivity contribution in [2.45, 2.75) is 257 Å². The Morgan fingerprint density at radius 1 is 0.500 bits per heavy atom. The lowest BCUT2D eigenvalue weighted by atomic mass is 10.0. The van der Waals surface area contributed by atoms with E-state index in [1.165, 1.54) is 154 Å². The first kappa shape index (κ1) is 54.1. The minimum absolute atomic E-state index is 0.0356. The molecule has 0 bridgehead atoms. The van der Waals surface area contributed by atoms with E-state index in [9.17, 15) is 19.8 Å². The van der Waals surface area contributed by atoms with E-state index in [-0.39, 0.29) is 18.5 Å². The molecule has 0 aromatic carbocycles. The molecule has 2 atom stereocenters. The van der Waals surface area contributed by atoms with Crippen LogP contribution in [0.4, 0.5) is 0 Å². The molecule has 0 rings (SSSR count). The maximum absolute atomic E-state index is 12.4. The summed E-state index contributed by atoms with van der Waals surface area (Å²) < 4.78 is 5.45. The Morgan fingerprint density at radius 3 is 1.38 bits per heavy atom. The van der Waals surface area contributed by atoms with Crippen molar-refractivity contribution in [1.29, 1.82) is 0 Å². The van der Waals surface area contributed by atoms with Gasteiger partial charge >= 0.3 is 5.97 Å². The zero-order chi connectivity index (χ0) is 40.8. The van der Waals surface area contributed by atoms with E-state index >= 15 is 0 Å². The van der Waals surface area contributed by atoms with Crippen molar-refractivity contribution in [3.8, 4) is 0 Å². The molecular weight excluding hydrogens is 695 g/mol. The molecule has 6 heteroatoms. The van der Waals surface area contributed by atoms with Crippen LogP contribution in [0.2, 0.25) is 0 Å². The number of aliphatic hydroxyl groups excluding tert-OH is 2. The number of nitrogens with one attached hydrogen (secondary N) is 1. The summed E-state index contributed by atoms with van der Waals surface area (Å²) in [6.45, 7) is 4.80. The van der Waals surface area contributed by atoms with Gasteiger partial charge in [0.1, 0.15) is 0 Å². The lowest BCUT2D eigenvalue weighted by Gasteiger charge is -2.20. The largest absolute Gasteiger partial charge is 0.466 e. The number of allylic oxidation sites excluding steroid dienone is 5. The Morgan fingerprint density at radius 2 is 0.893 bits per heavy atom. The molecular formula is C50H93NO5. The Hall–Kier alpha value is -1.92. The van der Waals surface area contributed by atoms with Crippen LogP contribution >= 0.6 is 0 Å². The Labute approximate surface area is 347 Å². The van der Waals surface area contributed by atoms with Crippen molar-refractivity contribution >= 4 is 11.9 Å². The van der Waals surface area contributed by atoms with Crippen LogP contribution in [0.25, 0.3) is 0 Å². The molecule has 0 saturated heterocycles. The SMILES string of the molecule is CCCCCC/C=C\C/C=C\CCCCCCCCCC(=O)OCCCCCCCCCCCC(=O)NC(CO)C(O)/C=C/CCCCCCCCCCCC. The van der Waals surface area contributed by atoms with Crippen molar-refractivity contribution < 1.29 is 24.5 Å². The van der Waals surface area contributed by atoms with Crippen LogP contribution in [-0.4, -0.2) is 47.4 Å². The number of ether oxygens (including phenoxy) is 1. The third-order valence-electron chi connectivity index (χ3n) is 10.9. The van der Waals surface area contributed by atoms with Crippen LogP contribution in [0.3, 0.4) is 0 Å². The van der Waals surface area contributed by atoms with Gasteiger partial charge in [-0.05, 0) is 64.2 Å². The van der Waals surface area contributed by atoms with E-state index in [1.54, 1.807) is 6.08 Å². The van der Waals surface area contributed by atoms with Gasteiger partial charge in [-0.15, -0.1) is 0 Å². The number of rotatable bonds is 44. The van der Waals surface area contributed by atoms with Gasteiger partial charge in [0.2, 0.25) is 5.91 Å². The minimum Gasteiger partial charge on any atom is -0.466 e. The number of carbonyl (C=O) groups excluding carboxylic acids is 2. The average molecular weight is 788 g/mol. The van der Waals surface area contributed by atoms with E-state index in [4.69, 9.17) is 4.74 Å². The number of esters is 1. The van der Waals surface area contributed by atoms with Gasteiger partial charge in [-0.1, -0.05) is 204 Å². The van der Waals surface area contributed by atoms with E-state index in [2.05, 4.69) is 43.5 Å². The van der Waals surface area contributed by atoms with E-state index < -0.39 is 12.1 Å². The van der Waals surface area contributed by atoms with Gasteiger partial charge in [-0.25, -0.2) is 0 Å². The summed E-state index contributed by atoms with van der Waals surface area (Å²) in [5, 5.41) is 22.9. The molecule has 0 fully saturated rings. The average Bonchev–Trinajstić information content (AvgIpc) is 3.20. The number of aliphatic hydroxyl groups is 2. The lowest BCUT2D eigenvalue weighted by molar-refractivity contribution is -0.143. The van der Waals surface area contributed by atoms with E-state index in [0.717, 1.165) is 64.2 Å². The molecule has 6 nitrogen and oxygen atoms in total. The fourth-order valence-corrected chi connectivity index (χ4v) is 7.13. The van der Waals surface area contributed by atoms with Crippen molar-refractivity contribution in [2.75, 3.05) is 13.2 Å². The molecule has 0 radical (unpaired) electrons. The second kappa shape index (κ2) is 45.8. The second-order valence-electron chi connectivity index (χ2n) is 16.4. The van der Waals surface area contributed by atoms with Crippen molar-refractivity contribution in [2.24, 2.45) is 0 Å². The predicted octanol–water partition coefficient (Wildman–Crippen LogP) is 14.1. The van der Waals surface area contributed by atoms with Gasteiger partial charge in [0.25, 0.3) is 0 Å². The molecule has 1 amide bonds. The van der Waals surface area contributed by atoms with Gasteiger partial charge in [-0.2, -0.15) is 0 Å². The molecule has 0 aromatic heterocycles. The van der Waals surface area contributed by atoms with Crippen LogP contribution in [0.1, 0.15) is 245 Å². The van der Waals surface area contributed by atoms with Crippen LogP contribution in [0, 0.1) is 0 Å². The zero-order valence-electron chi connectivity index (χ0n) is 37.1. The summed E-state index contributed by atoms with van der Waals surface area (Å²) in [6.07, 6.45) is 54.2. The first-order chi connectivity index (χ1) is 27.5. The molecule has 0 spiro atoms. The molecule has 328 valence electrons. The van der Waals surface area contributed by atoms with Gasteiger partial charge in [0.05, 0.1) is 25.4 Å². The molecule has 0 saturated carbocycles. The number of hydrogen-bond donors (Lipinski definition) is 3. The standard InChI is InChI=1S/C50H93NO5/c1-3-5-7-9-11-13-15-17-18-19-20-21-22-24-28-32-36-40-44-50(55)56-45-41-37-33-29-25-27-31-35-39-43-49(54)51-47(46-52)48(53)42-38-34-30-26-23-16-14-12-10-8-6-4-2/h13,15,18-19,38,42,47-48,52-53H,3-12,14,16-17,20-37,39-41,43-46H2,1-2H3,(H,51,54)/b15-13-,19-18-,42-38+. The quantitative estimate of drug-likeness (QED) is 0.0325. The highest BCUT2D eigenvalue weighted by Gasteiger charge is 2.18. The highest BCUT2D eigenvalue weighted by Crippen LogP contribution is 2.14. The molecule has 0 aliphatic carbocycles. The number of hydrogen-bond acceptors (Lipinski definition) is 5. The van der Waals surface area contributed by atoms with Crippen LogP contribution in [-0.2, 0) is 14.3 Å². The Balaban J connectivity index is 3.52. The molecule has 3 N–H and O–H groups in total. The maximum atomic E-state index is 12.4. The monoisotopic (exact) mass is 788 g/mol. The van der Waals surface area contributed by atoms with Crippen LogP contribution < -0.4 is 5.32 Å². The summed E-state index contributed by atoms with van der Waals surface area (Å²) in [6, 6.07) is -0.648. The summed E-state index contributed by atoms with van der Waals surface area (Å²) in [7, 11) is 0. The number of unbranched alkanes of at least 4 members (excludes halogenated alkanes) is 29. The second-order valence-corrected chi connectivity index (χ2v) is 16.4. The molecule has 0 aliphatic rings. The summed E-state index contributed by atoms with van der Waals surface area (Å²) in [5.74, 6) is -0.134. The molecule has 0 heterocycles. The minimum atomic E-state index is -0.861. The van der Waals surface area contributed by atoms with Crippen molar-refractivity contribution in [1.82, 2.24) is 5.32 Å². The lowest BCUT2D eigenvalue weighted by Crippen LogP contribution is -2.45. The highest BCUT2D eigenvalue weighted by atomic mass is 16.5. The molecule has 0 aromatic rings. The van der Waals surface area contributed by atoms with Crippen LogP contribution in [0.5, 0.6) is 0 Å². The fraction of sp³-hybridized carbons (Fsp3) is 0.840. The summed E-state index contributed by atoms with van der Waals surface area (Å²) >= 11 is 0. The Bertz CT molecular complexity index is 915. The Kier molecular flexibility index (Phi) is 44.2. The summed E-state index contributed by atoms with van der Waals surface area (Å²) in [5.41, 5.74) is 0. The van der Waals surface area contributed by atoms with Crippen molar-refractivity contribution in [3.05, 3.63) is 36.5 Å². The first-order valence-corrected chi connectivity index (χ1v) is 24.3. The highest BCUT2D eigenvalue weighted by molar-refractivity contribution is 5.76. The first-order valence-electron chi connectivity index (χ1n) is 24.3. The van der Waals surface area contributed by atoms with E-state index in [0.29, 0.717) is 19.4 Å². The predicted molar refractivity (Wildman–Crippen MR) is 241 cm³/mol. The van der Waals surface area contributed by atoms with Gasteiger partial charge in [-0.3, -0.25) is 9.59 Å². The van der Waals surface area contributed by atoms with Gasteiger partial charge in [0.15, 0.2) is 0 Å². The zero-order valence-corrected chi connectivity index (χ0v) is 37.1. The van der Waals surface area contributed by atoms with Crippen LogP contribution in [0.15, 0.2) is 36.5 Å². The third kappa shape index (κ3) is 41.7. The topological polar surface area (TPSA) is 95.9 Å². The molecule has 0 aliphatic heterocycles. The maximum Gasteiger partial charge on any atom is 0.305 e.